The second kappa shape index (κ2) is 9.27. The fourth-order valence-corrected chi connectivity index (χ4v) is 4.07. The van der Waals surface area contributed by atoms with Crippen LogP contribution in [0.1, 0.15) is 40.5 Å². The van der Waals surface area contributed by atoms with E-state index in [2.05, 4.69) is 0 Å². The Morgan fingerprint density at radius 1 is 1.06 bits per heavy atom. The van der Waals surface area contributed by atoms with Gasteiger partial charge in [0.25, 0.3) is 0 Å². The highest BCUT2D eigenvalue weighted by molar-refractivity contribution is 6.73. The van der Waals surface area contributed by atoms with Gasteiger partial charge in [0.1, 0.15) is 5.20 Å². The molecule has 0 heterocycles. The van der Waals surface area contributed by atoms with E-state index >= 15 is 0 Å². The first kappa shape index (κ1) is 17.3. The molecule has 0 aliphatic heterocycles. The summed E-state index contributed by atoms with van der Waals surface area (Å²) in [7, 11) is -3.26. The molecule has 0 radical (unpaired) electrons. The predicted octanol–water partition coefficient (Wildman–Crippen LogP) is 2.39. The molecule has 6 heteroatoms. The molecule has 106 valence electrons. The zero-order valence-electron chi connectivity index (χ0n) is 11.7. The van der Waals surface area contributed by atoms with Gasteiger partial charge < -0.3 is 18.4 Å². The van der Waals surface area contributed by atoms with Crippen molar-refractivity contribution in [2.24, 2.45) is 0 Å². The summed E-state index contributed by atoms with van der Waals surface area (Å²) in [4.78, 5) is 11.4. The molecule has 0 bridgehead atoms. The molecule has 5 nitrogen and oxygen atoms in total. The minimum absolute atomic E-state index is 0.148. The third-order valence-corrected chi connectivity index (χ3v) is 5.28. The number of allylic oxidation sites excluding steroid dienone is 1. The number of carboxylic acids is 1. The summed E-state index contributed by atoms with van der Waals surface area (Å²) in [5.74, 6) is -1.02. The van der Waals surface area contributed by atoms with Crippen LogP contribution in [0.15, 0.2) is 11.3 Å². The molecule has 0 saturated carbocycles. The highest BCUT2D eigenvalue weighted by Gasteiger charge is 2.48. The van der Waals surface area contributed by atoms with E-state index in [1.165, 1.54) is 0 Å². The minimum atomic E-state index is -3.26. The molecule has 0 aliphatic rings. The van der Waals surface area contributed by atoms with Gasteiger partial charge in [0.15, 0.2) is 0 Å². The largest absolute Gasteiger partial charge is 0.544 e. The van der Waals surface area contributed by atoms with E-state index in [-0.39, 0.29) is 5.20 Å². The van der Waals surface area contributed by atoms with Gasteiger partial charge in [0.05, 0.1) is 0 Å². The smallest absolute Gasteiger partial charge is 0.478 e. The van der Waals surface area contributed by atoms with Gasteiger partial charge in [-0.3, -0.25) is 0 Å². The lowest BCUT2D eigenvalue weighted by Gasteiger charge is -2.28. The quantitative estimate of drug-likeness (QED) is 0.490. The Morgan fingerprint density at radius 2 is 1.50 bits per heavy atom. The van der Waals surface area contributed by atoms with Crippen molar-refractivity contribution in [2.75, 3.05) is 19.8 Å². The van der Waals surface area contributed by atoms with Crippen molar-refractivity contribution in [1.82, 2.24) is 0 Å². The maximum Gasteiger partial charge on any atom is 0.544 e. The maximum absolute atomic E-state index is 11.4. The second-order valence-corrected chi connectivity index (χ2v) is 6.08. The number of rotatable bonds is 10. The number of carbonyl (C=O) groups is 1. The Bertz CT molecular complexity index is 261. The van der Waals surface area contributed by atoms with Crippen LogP contribution in [-0.2, 0) is 18.1 Å². The SMILES string of the molecule is CCC/C=C(\C(=O)O)[Si](OCC)(OCC)OCC. The molecule has 0 atom stereocenters. The van der Waals surface area contributed by atoms with Gasteiger partial charge in [0.2, 0.25) is 0 Å². The first-order valence-electron chi connectivity index (χ1n) is 6.43. The summed E-state index contributed by atoms with van der Waals surface area (Å²) >= 11 is 0. The third-order valence-electron chi connectivity index (χ3n) is 2.20. The summed E-state index contributed by atoms with van der Waals surface area (Å²) in [6, 6.07) is 0. The maximum atomic E-state index is 11.4. The van der Waals surface area contributed by atoms with E-state index in [0.717, 1.165) is 6.42 Å². The van der Waals surface area contributed by atoms with E-state index in [4.69, 9.17) is 13.3 Å². The molecular weight excluding hydrogens is 252 g/mol. The molecule has 0 rings (SSSR count). The van der Waals surface area contributed by atoms with Crippen molar-refractivity contribution in [2.45, 2.75) is 40.5 Å². The van der Waals surface area contributed by atoms with E-state index in [1.54, 1.807) is 26.8 Å². The molecule has 18 heavy (non-hydrogen) atoms. The van der Waals surface area contributed by atoms with Crippen LogP contribution in [0.4, 0.5) is 0 Å². The van der Waals surface area contributed by atoms with Crippen molar-refractivity contribution in [3.05, 3.63) is 11.3 Å². The zero-order chi connectivity index (χ0) is 14.0. The molecule has 0 spiro atoms. The Morgan fingerprint density at radius 3 is 1.78 bits per heavy atom. The monoisotopic (exact) mass is 276 g/mol. The zero-order valence-corrected chi connectivity index (χ0v) is 12.7. The summed E-state index contributed by atoms with van der Waals surface area (Å²) < 4.78 is 16.7. The number of aliphatic carboxylic acids is 1. The Balaban J connectivity index is 5.35. The summed E-state index contributed by atoms with van der Waals surface area (Å²) in [5, 5.41) is 9.49. The lowest BCUT2D eigenvalue weighted by atomic mass is 10.3. The fraction of sp³-hybridized carbons (Fsp3) is 0.750. The van der Waals surface area contributed by atoms with Crippen LogP contribution < -0.4 is 0 Å². The van der Waals surface area contributed by atoms with Crippen molar-refractivity contribution in [1.29, 1.82) is 0 Å². The number of hydrogen-bond donors (Lipinski definition) is 1. The first-order chi connectivity index (χ1) is 8.57. The van der Waals surface area contributed by atoms with Crippen molar-refractivity contribution >= 4 is 14.8 Å². The Kier molecular flexibility index (Phi) is 8.91. The van der Waals surface area contributed by atoms with Crippen LogP contribution >= 0.6 is 0 Å². The molecule has 0 unspecified atom stereocenters. The van der Waals surface area contributed by atoms with Gasteiger partial charge in [-0.25, -0.2) is 4.79 Å². The van der Waals surface area contributed by atoms with Gasteiger partial charge in [-0.2, -0.15) is 0 Å². The molecular formula is C12H24O5Si. The number of hydrogen-bond acceptors (Lipinski definition) is 4. The van der Waals surface area contributed by atoms with Crippen LogP contribution in [0.5, 0.6) is 0 Å². The lowest BCUT2D eigenvalue weighted by molar-refractivity contribution is -0.132. The molecule has 0 aromatic carbocycles. The standard InChI is InChI=1S/C12H24O5Si/c1-5-9-10-11(12(13)14)18(15-6-2,16-7-3)17-8-4/h10H,5-9H2,1-4H3,(H,13,14)/b11-10+. The van der Waals surface area contributed by atoms with E-state index < -0.39 is 14.8 Å². The van der Waals surface area contributed by atoms with Crippen molar-refractivity contribution in [3.63, 3.8) is 0 Å². The Labute approximate surface area is 110 Å². The summed E-state index contributed by atoms with van der Waals surface area (Å²) in [6.45, 7) is 8.49. The topological polar surface area (TPSA) is 65.0 Å². The highest BCUT2D eigenvalue weighted by atomic mass is 28.4. The van der Waals surface area contributed by atoms with Gasteiger partial charge in [-0.1, -0.05) is 19.4 Å². The molecule has 0 aromatic rings. The predicted molar refractivity (Wildman–Crippen MR) is 71.3 cm³/mol. The normalized spacial score (nSPS) is 12.8. The molecule has 0 saturated heterocycles. The minimum Gasteiger partial charge on any atom is -0.478 e. The molecule has 0 aliphatic carbocycles. The fourth-order valence-electron chi connectivity index (χ4n) is 1.56. The van der Waals surface area contributed by atoms with Crippen LogP contribution in [0.25, 0.3) is 0 Å². The number of carboxylic acid groups (broad SMARTS) is 1. The van der Waals surface area contributed by atoms with Crippen LogP contribution in [0.3, 0.4) is 0 Å². The average molecular weight is 276 g/mol. The van der Waals surface area contributed by atoms with E-state index in [0.29, 0.717) is 26.2 Å². The first-order valence-corrected chi connectivity index (χ1v) is 8.16. The Hall–Kier alpha value is -0.693. The average Bonchev–Trinajstić information content (AvgIpc) is 2.30. The second-order valence-electron chi connectivity index (χ2n) is 3.57. The van der Waals surface area contributed by atoms with E-state index in [9.17, 15) is 9.90 Å². The molecule has 0 fully saturated rings. The van der Waals surface area contributed by atoms with Crippen LogP contribution in [-0.4, -0.2) is 39.7 Å². The molecule has 0 aromatic heterocycles. The van der Waals surface area contributed by atoms with Crippen LogP contribution in [0, 0.1) is 0 Å². The summed E-state index contributed by atoms with van der Waals surface area (Å²) in [5.41, 5.74) is 0. The van der Waals surface area contributed by atoms with Crippen molar-refractivity contribution < 1.29 is 23.2 Å². The van der Waals surface area contributed by atoms with Crippen LogP contribution in [0.2, 0.25) is 0 Å². The van der Waals surface area contributed by atoms with E-state index in [1.807, 2.05) is 6.92 Å². The lowest BCUT2D eigenvalue weighted by Crippen LogP contribution is -2.50. The third kappa shape index (κ3) is 4.89. The summed E-state index contributed by atoms with van der Waals surface area (Å²) in [6.07, 6.45) is 3.20. The van der Waals surface area contributed by atoms with Gasteiger partial charge in [-0.15, -0.1) is 0 Å². The highest BCUT2D eigenvalue weighted by Crippen LogP contribution is 2.21. The van der Waals surface area contributed by atoms with Crippen molar-refractivity contribution in [3.8, 4) is 0 Å². The van der Waals surface area contributed by atoms with Gasteiger partial charge in [-0.05, 0) is 27.2 Å². The molecule has 1 N–H and O–H groups in total. The van der Waals surface area contributed by atoms with Gasteiger partial charge >= 0.3 is 14.8 Å². The number of unbranched alkanes of at least 4 members (excludes halogenated alkanes) is 1. The van der Waals surface area contributed by atoms with Gasteiger partial charge in [0, 0.05) is 19.8 Å². The molecule has 0 amide bonds.